The second-order valence-corrected chi connectivity index (χ2v) is 6.72. The Hall–Kier alpha value is -2.86. The molecular weight excluding hydrogens is 368 g/mol. The molecule has 0 spiro atoms. The Morgan fingerprint density at radius 2 is 1.93 bits per heavy atom. The van der Waals surface area contributed by atoms with Crippen molar-refractivity contribution in [2.75, 3.05) is 12.4 Å². The van der Waals surface area contributed by atoms with Crippen LogP contribution in [0.15, 0.2) is 48.5 Å². The average Bonchev–Trinajstić information content (AvgIpc) is 2.67. The highest BCUT2D eigenvalue weighted by atomic mass is 35.5. The van der Waals surface area contributed by atoms with Crippen molar-refractivity contribution in [3.63, 3.8) is 0 Å². The van der Waals surface area contributed by atoms with Gasteiger partial charge in [0.1, 0.15) is 0 Å². The lowest BCUT2D eigenvalue weighted by Gasteiger charge is -2.27. The number of ether oxygens (including phenoxy) is 1. The first-order chi connectivity index (χ1) is 13.0. The van der Waals surface area contributed by atoms with Gasteiger partial charge in [0.05, 0.1) is 25.5 Å². The van der Waals surface area contributed by atoms with E-state index in [0.717, 1.165) is 11.1 Å². The lowest BCUT2D eigenvalue weighted by molar-refractivity contribution is -0.141. The molecule has 2 N–H and O–H groups in total. The van der Waals surface area contributed by atoms with Crippen LogP contribution in [0.1, 0.15) is 35.9 Å². The van der Waals surface area contributed by atoms with E-state index < -0.39 is 17.9 Å². The number of carbonyl (C=O) groups excluding carboxylic acids is 3. The van der Waals surface area contributed by atoms with Crippen molar-refractivity contribution in [3.05, 3.63) is 64.7 Å². The molecule has 1 heterocycles. The number of para-hydroxylation sites is 1. The maximum absolute atomic E-state index is 13.0. The molecule has 2 atom stereocenters. The Labute approximate surface area is 161 Å². The number of anilines is 1. The van der Waals surface area contributed by atoms with Gasteiger partial charge in [-0.25, -0.2) is 0 Å². The predicted molar refractivity (Wildman–Crippen MR) is 101 cm³/mol. The third-order valence-electron chi connectivity index (χ3n) is 4.50. The van der Waals surface area contributed by atoms with Gasteiger partial charge in [0, 0.05) is 17.1 Å². The standard InChI is InChI=1S/C20H19ClN2O4/c1-27-19(25)11-17(12-6-8-13(21)9-7-12)23-20(26)15-10-18(24)22-16-5-3-2-4-14(15)16/h2-9,15,17H,10-11H2,1H3,(H,22,24)(H,23,26). The molecule has 2 aromatic rings. The molecule has 0 saturated carbocycles. The van der Waals surface area contributed by atoms with Crippen LogP contribution in [0.4, 0.5) is 5.69 Å². The van der Waals surface area contributed by atoms with Gasteiger partial charge in [-0.2, -0.15) is 0 Å². The number of esters is 1. The van der Waals surface area contributed by atoms with Crippen LogP contribution < -0.4 is 10.6 Å². The normalized spacial score (nSPS) is 16.7. The molecule has 0 bridgehead atoms. The number of hydrogen-bond acceptors (Lipinski definition) is 4. The zero-order valence-electron chi connectivity index (χ0n) is 14.7. The Morgan fingerprint density at radius 1 is 1.22 bits per heavy atom. The fraction of sp³-hybridized carbons (Fsp3) is 0.250. The van der Waals surface area contributed by atoms with Crippen molar-refractivity contribution in [1.29, 1.82) is 0 Å². The molecule has 1 aliphatic heterocycles. The average molecular weight is 387 g/mol. The third-order valence-corrected chi connectivity index (χ3v) is 4.76. The van der Waals surface area contributed by atoms with Gasteiger partial charge in [-0.05, 0) is 29.3 Å². The molecule has 27 heavy (non-hydrogen) atoms. The quantitative estimate of drug-likeness (QED) is 0.773. The van der Waals surface area contributed by atoms with E-state index in [1.54, 1.807) is 36.4 Å². The highest BCUT2D eigenvalue weighted by Crippen LogP contribution is 2.33. The largest absolute Gasteiger partial charge is 0.469 e. The molecule has 2 aromatic carbocycles. The number of benzene rings is 2. The number of halogens is 1. The van der Waals surface area contributed by atoms with Crippen molar-refractivity contribution >= 4 is 35.1 Å². The van der Waals surface area contributed by atoms with Crippen molar-refractivity contribution in [1.82, 2.24) is 5.32 Å². The number of amides is 2. The number of fused-ring (bicyclic) bond motifs is 1. The number of carbonyl (C=O) groups is 3. The fourth-order valence-electron chi connectivity index (χ4n) is 3.11. The van der Waals surface area contributed by atoms with Gasteiger partial charge < -0.3 is 15.4 Å². The van der Waals surface area contributed by atoms with Crippen LogP contribution in [0.2, 0.25) is 5.02 Å². The molecule has 7 heteroatoms. The molecule has 1 aliphatic rings. The minimum atomic E-state index is -0.623. The first-order valence-corrected chi connectivity index (χ1v) is 8.87. The van der Waals surface area contributed by atoms with E-state index in [2.05, 4.69) is 10.6 Å². The van der Waals surface area contributed by atoms with Crippen LogP contribution >= 0.6 is 11.6 Å². The van der Waals surface area contributed by atoms with Crippen molar-refractivity contribution in [2.24, 2.45) is 0 Å². The SMILES string of the molecule is COC(=O)CC(NC(=O)C1CC(=O)Nc2ccccc21)c1ccc(Cl)cc1. The minimum absolute atomic E-state index is 0.0234. The first-order valence-electron chi connectivity index (χ1n) is 8.49. The smallest absolute Gasteiger partial charge is 0.307 e. The van der Waals surface area contributed by atoms with Gasteiger partial charge in [-0.15, -0.1) is 0 Å². The molecule has 6 nitrogen and oxygen atoms in total. The Balaban J connectivity index is 1.85. The lowest BCUT2D eigenvalue weighted by Crippen LogP contribution is -2.37. The number of hydrogen-bond donors (Lipinski definition) is 2. The first kappa shape index (κ1) is 18.9. The van der Waals surface area contributed by atoms with Gasteiger partial charge in [-0.3, -0.25) is 14.4 Å². The zero-order chi connectivity index (χ0) is 19.4. The molecular formula is C20H19ClN2O4. The highest BCUT2D eigenvalue weighted by molar-refractivity contribution is 6.30. The van der Waals surface area contributed by atoms with Crippen molar-refractivity contribution in [2.45, 2.75) is 24.8 Å². The molecule has 2 unspecified atom stereocenters. The van der Waals surface area contributed by atoms with E-state index in [0.29, 0.717) is 10.7 Å². The van der Waals surface area contributed by atoms with Gasteiger partial charge in [0.2, 0.25) is 11.8 Å². The monoisotopic (exact) mass is 386 g/mol. The predicted octanol–water partition coefficient (Wildman–Crippen LogP) is 3.19. The molecule has 3 rings (SSSR count). The van der Waals surface area contributed by atoms with E-state index in [9.17, 15) is 14.4 Å². The summed E-state index contributed by atoms with van der Waals surface area (Å²) in [6, 6.07) is 13.5. The molecule has 0 fully saturated rings. The minimum Gasteiger partial charge on any atom is -0.469 e. The summed E-state index contributed by atoms with van der Waals surface area (Å²) in [6.45, 7) is 0. The summed E-state index contributed by atoms with van der Waals surface area (Å²) in [6.07, 6.45) is 0.0266. The van der Waals surface area contributed by atoms with Crippen LogP contribution in [0.5, 0.6) is 0 Å². The molecule has 2 amide bonds. The molecule has 0 radical (unpaired) electrons. The summed E-state index contributed by atoms with van der Waals surface area (Å²) >= 11 is 5.93. The Kier molecular flexibility index (Phi) is 5.76. The van der Waals surface area contributed by atoms with E-state index in [1.807, 2.05) is 12.1 Å². The van der Waals surface area contributed by atoms with Gasteiger partial charge >= 0.3 is 5.97 Å². The van der Waals surface area contributed by atoms with E-state index >= 15 is 0 Å². The summed E-state index contributed by atoms with van der Waals surface area (Å²) in [5.74, 6) is -1.61. The Morgan fingerprint density at radius 3 is 2.63 bits per heavy atom. The second-order valence-electron chi connectivity index (χ2n) is 6.29. The summed E-state index contributed by atoms with van der Waals surface area (Å²) < 4.78 is 4.75. The van der Waals surface area contributed by atoms with Crippen molar-refractivity contribution in [3.8, 4) is 0 Å². The number of nitrogens with one attached hydrogen (secondary N) is 2. The van der Waals surface area contributed by atoms with Gasteiger partial charge in [0.25, 0.3) is 0 Å². The molecule has 0 saturated heterocycles. The Bertz CT molecular complexity index is 867. The molecule has 0 aliphatic carbocycles. The fourth-order valence-corrected chi connectivity index (χ4v) is 3.24. The molecule has 140 valence electrons. The topological polar surface area (TPSA) is 84.5 Å². The van der Waals surface area contributed by atoms with Gasteiger partial charge in [-0.1, -0.05) is 41.9 Å². The lowest BCUT2D eigenvalue weighted by atomic mass is 9.89. The molecule has 0 aromatic heterocycles. The van der Waals surface area contributed by atoms with Crippen molar-refractivity contribution < 1.29 is 19.1 Å². The zero-order valence-corrected chi connectivity index (χ0v) is 15.5. The summed E-state index contributed by atoms with van der Waals surface area (Å²) in [4.78, 5) is 36.7. The van der Waals surface area contributed by atoms with Crippen LogP contribution in [-0.4, -0.2) is 24.9 Å². The highest BCUT2D eigenvalue weighted by Gasteiger charge is 2.32. The van der Waals surface area contributed by atoms with E-state index in [-0.39, 0.29) is 24.7 Å². The maximum atomic E-state index is 13.0. The summed E-state index contributed by atoms with van der Waals surface area (Å²) in [7, 11) is 1.30. The van der Waals surface area contributed by atoms with Gasteiger partial charge in [0.15, 0.2) is 0 Å². The van der Waals surface area contributed by atoms with E-state index in [1.165, 1.54) is 7.11 Å². The second kappa shape index (κ2) is 8.22. The van der Waals surface area contributed by atoms with Crippen LogP contribution in [0.3, 0.4) is 0 Å². The summed E-state index contributed by atoms with van der Waals surface area (Å²) in [5.41, 5.74) is 2.11. The van der Waals surface area contributed by atoms with Crippen LogP contribution in [0.25, 0.3) is 0 Å². The summed E-state index contributed by atoms with van der Waals surface area (Å²) in [5, 5.41) is 6.21. The maximum Gasteiger partial charge on any atom is 0.307 e. The number of rotatable bonds is 5. The van der Waals surface area contributed by atoms with E-state index in [4.69, 9.17) is 16.3 Å². The van der Waals surface area contributed by atoms with Crippen LogP contribution in [-0.2, 0) is 19.1 Å². The van der Waals surface area contributed by atoms with Crippen LogP contribution in [0, 0.1) is 0 Å². The number of methoxy groups -OCH3 is 1. The third kappa shape index (κ3) is 4.46.